The van der Waals surface area contributed by atoms with Gasteiger partial charge < -0.3 is 25.4 Å². The van der Waals surface area contributed by atoms with Crippen LogP contribution in [0.4, 0.5) is 15.3 Å². The molecule has 1 unspecified atom stereocenters. The van der Waals surface area contributed by atoms with Gasteiger partial charge in [-0.05, 0) is 78.3 Å². The zero-order valence-electron chi connectivity index (χ0n) is 21.5. The molecule has 190 valence electrons. The third kappa shape index (κ3) is 10.5. The largest absolute Gasteiger partial charge is 0.444 e. The van der Waals surface area contributed by atoms with Crippen molar-refractivity contribution in [3.8, 4) is 0 Å². The maximum atomic E-state index is 13.0. The molecule has 9 heteroatoms. The van der Waals surface area contributed by atoms with Gasteiger partial charge in [0.15, 0.2) is 0 Å². The zero-order chi connectivity index (χ0) is 26.2. The summed E-state index contributed by atoms with van der Waals surface area (Å²) in [5.41, 5.74) is 0.750. The number of hydrogen-bond acceptors (Lipinski definition) is 6. The van der Waals surface area contributed by atoms with E-state index in [0.29, 0.717) is 11.4 Å². The highest BCUT2D eigenvalue weighted by atomic mass is 16.6. The van der Waals surface area contributed by atoms with Crippen LogP contribution in [0.25, 0.3) is 0 Å². The minimum Gasteiger partial charge on any atom is -0.444 e. The van der Waals surface area contributed by atoms with Crippen molar-refractivity contribution in [2.45, 2.75) is 78.2 Å². The monoisotopic (exact) mass is 484 g/mol. The number of anilines is 1. The van der Waals surface area contributed by atoms with Gasteiger partial charge in [-0.15, -0.1) is 0 Å². The molecule has 0 aliphatic carbocycles. The molecule has 3 amide bonds. The van der Waals surface area contributed by atoms with E-state index < -0.39 is 35.3 Å². The minimum absolute atomic E-state index is 0.195. The molecule has 1 heterocycles. The van der Waals surface area contributed by atoms with E-state index in [2.05, 4.69) is 20.9 Å². The van der Waals surface area contributed by atoms with Crippen molar-refractivity contribution in [2.75, 3.05) is 5.32 Å². The van der Waals surface area contributed by atoms with Crippen molar-refractivity contribution < 1.29 is 23.9 Å². The first kappa shape index (κ1) is 27.6. The molecule has 9 nitrogen and oxygen atoms in total. The van der Waals surface area contributed by atoms with Crippen LogP contribution in [-0.2, 0) is 20.7 Å². The Kier molecular flexibility index (Phi) is 9.22. The molecular formula is C26H36N4O5. The average molecular weight is 485 g/mol. The van der Waals surface area contributed by atoms with Gasteiger partial charge in [0.2, 0.25) is 5.91 Å². The molecule has 0 bridgehead atoms. The zero-order valence-corrected chi connectivity index (χ0v) is 21.5. The number of carbonyl (C=O) groups excluding carboxylic acids is 3. The van der Waals surface area contributed by atoms with Gasteiger partial charge in [-0.25, -0.2) is 9.59 Å². The summed E-state index contributed by atoms with van der Waals surface area (Å²) in [5, 5.41) is 8.24. The summed E-state index contributed by atoms with van der Waals surface area (Å²) < 4.78 is 10.6. The Bertz CT molecular complexity index is 995. The predicted octanol–water partition coefficient (Wildman–Crippen LogP) is 4.74. The lowest BCUT2D eigenvalue weighted by Crippen LogP contribution is -2.47. The maximum Gasteiger partial charge on any atom is 0.408 e. The summed E-state index contributed by atoms with van der Waals surface area (Å²) in [6, 6.07) is 11.2. The van der Waals surface area contributed by atoms with E-state index in [1.165, 1.54) is 0 Å². The van der Waals surface area contributed by atoms with Gasteiger partial charge in [0.05, 0.1) is 6.04 Å². The minimum atomic E-state index is -0.896. The highest BCUT2D eigenvalue weighted by molar-refractivity contribution is 5.96. The second-order valence-corrected chi connectivity index (χ2v) is 10.2. The number of nitrogens with one attached hydrogen (secondary N) is 3. The van der Waals surface area contributed by atoms with Crippen LogP contribution in [0.3, 0.4) is 0 Å². The molecule has 0 aliphatic heterocycles. The standard InChI is InChI=1S/C26H36N4O5/c1-17(28-23(32)34-25(2,3)4)18-11-13-19(14-12-18)29-22(31)21(16-20-10-8-9-15-27-20)30-24(33)35-26(5,6)7/h8-15,17,21H,16H2,1-7H3,(H,28,32)(H,29,31)(H,30,33)/t17?,21-/m1/s1. The van der Waals surface area contributed by atoms with Crippen LogP contribution in [0.5, 0.6) is 0 Å². The number of benzene rings is 1. The van der Waals surface area contributed by atoms with E-state index in [1.54, 1.807) is 84.1 Å². The lowest BCUT2D eigenvalue weighted by Gasteiger charge is -2.23. The molecule has 35 heavy (non-hydrogen) atoms. The molecule has 3 N–H and O–H groups in total. The topological polar surface area (TPSA) is 119 Å². The van der Waals surface area contributed by atoms with Gasteiger partial charge in [-0.3, -0.25) is 9.78 Å². The van der Waals surface area contributed by atoms with E-state index in [4.69, 9.17) is 9.47 Å². The number of nitrogens with zero attached hydrogens (tertiary/aromatic N) is 1. The van der Waals surface area contributed by atoms with Crippen LogP contribution < -0.4 is 16.0 Å². The second-order valence-electron chi connectivity index (χ2n) is 10.2. The Balaban J connectivity index is 2.06. The van der Waals surface area contributed by atoms with Crippen LogP contribution in [0.2, 0.25) is 0 Å². The number of amides is 3. The summed E-state index contributed by atoms with van der Waals surface area (Å²) in [6.45, 7) is 12.5. The fourth-order valence-electron chi connectivity index (χ4n) is 3.04. The van der Waals surface area contributed by atoms with E-state index in [-0.39, 0.29) is 12.5 Å². The van der Waals surface area contributed by atoms with Crippen LogP contribution in [0, 0.1) is 0 Å². The van der Waals surface area contributed by atoms with E-state index in [0.717, 1.165) is 5.56 Å². The molecule has 0 saturated carbocycles. The average Bonchev–Trinajstić information content (AvgIpc) is 2.71. The fourth-order valence-corrected chi connectivity index (χ4v) is 3.04. The Labute approximate surface area is 207 Å². The van der Waals surface area contributed by atoms with Crippen LogP contribution >= 0.6 is 0 Å². The van der Waals surface area contributed by atoms with Gasteiger partial charge in [-0.2, -0.15) is 0 Å². The first-order valence-electron chi connectivity index (χ1n) is 11.5. The molecule has 0 aliphatic rings. The van der Waals surface area contributed by atoms with Crippen LogP contribution in [0.15, 0.2) is 48.7 Å². The van der Waals surface area contributed by atoms with Crippen molar-refractivity contribution in [2.24, 2.45) is 0 Å². The smallest absolute Gasteiger partial charge is 0.408 e. The van der Waals surface area contributed by atoms with E-state index >= 15 is 0 Å². The number of ether oxygens (including phenoxy) is 2. The molecule has 2 aromatic rings. The predicted molar refractivity (Wildman–Crippen MR) is 134 cm³/mol. The fraction of sp³-hybridized carbons (Fsp3) is 0.462. The summed E-state index contributed by atoms with van der Waals surface area (Å²) in [6.07, 6.45) is 0.628. The number of hydrogen-bond donors (Lipinski definition) is 3. The normalized spacial score (nSPS) is 13.2. The van der Waals surface area contributed by atoms with Crippen molar-refractivity contribution in [3.63, 3.8) is 0 Å². The van der Waals surface area contributed by atoms with Gasteiger partial charge in [0.25, 0.3) is 0 Å². The summed E-state index contributed by atoms with van der Waals surface area (Å²) in [5.74, 6) is -0.408. The lowest BCUT2D eigenvalue weighted by atomic mass is 10.1. The van der Waals surface area contributed by atoms with Crippen molar-refractivity contribution >= 4 is 23.8 Å². The maximum absolute atomic E-state index is 13.0. The summed E-state index contributed by atoms with van der Waals surface area (Å²) in [4.78, 5) is 41.6. The first-order valence-corrected chi connectivity index (χ1v) is 11.5. The van der Waals surface area contributed by atoms with Crippen LogP contribution in [-0.4, -0.2) is 40.3 Å². The van der Waals surface area contributed by atoms with Gasteiger partial charge in [0.1, 0.15) is 17.2 Å². The van der Waals surface area contributed by atoms with Gasteiger partial charge >= 0.3 is 12.2 Å². The van der Waals surface area contributed by atoms with Crippen molar-refractivity contribution in [3.05, 3.63) is 59.9 Å². The molecular weight excluding hydrogens is 448 g/mol. The molecule has 1 aromatic carbocycles. The Morgan fingerprint density at radius 3 is 1.94 bits per heavy atom. The van der Waals surface area contributed by atoms with E-state index in [1.807, 2.05) is 13.0 Å². The van der Waals surface area contributed by atoms with Crippen molar-refractivity contribution in [1.82, 2.24) is 15.6 Å². The summed E-state index contributed by atoms with van der Waals surface area (Å²) in [7, 11) is 0. The molecule has 0 fully saturated rings. The Morgan fingerprint density at radius 1 is 0.857 bits per heavy atom. The molecule has 2 atom stereocenters. The lowest BCUT2D eigenvalue weighted by molar-refractivity contribution is -0.118. The third-order valence-electron chi connectivity index (χ3n) is 4.56. The molecule has 2 rings (SSSR count). The van der Waals surface area contributed by atoms with Crippen molar-refractivity contribution in [1.29, 1.82) is 0 Å². The molecule has 0 spiro atoms. The SMILES string of the molecule is CC(NC(=O)OC(C)(C)C)c1ccc(NC(=O)[C@@H](Cc2ccccn2)NC(=O)OC(C)(C)C)cc1. The van der Waals surface area contributed by atoms with Gasteiger partial charge in [-0.1, -0.05) is 18.2 Å². The van der Waals surface area contributed by atoms with Gasteiger partial charge in [0, 0.05) is 24.0 Å². The quantitative estimate of drug-likeness (QED) is 0.522. The number of alkyl carbamates (subject to hydrolysis) is 2. The highest BCUT2D eigenvalue weighted by Gasteiger charge is 2.25. The summed E-state index contributed by atoms with van der Waals surface area (Å²) >= 11 is 0. The number of pyridine rings is 1. The Hall–Kier alpha value is -3.62. The number of aromatic nitrogens is 1. The Morgan fingerprint density at radius 2 is 1.43 bits per heavy atom. The molecule has 0 saturated heterocycles. The first-order chi connectivity index (χ1) is 16.2. The number of carbonyl (C=O) groups is 3. The third-order valence-corrected chi connectivity index (χ3v) is 4.56. The van der Waals surface area contributed by atoms with E-state index in [9.17, 15) is 14.4 Å². The molecule has 0 radical (unpaired) electrons. The highest BCUT2D eigenvalue weighted by Crippen LogP contribution is 2.18. The molecule has 1 aromatic heterocycles. The second kappa shape index (κ2) is 11.7. The van der Waals surface area contributed by atoms with Crippen LogP contribution in [0.1, 0.15) is 65.8 Å². The number of rotatable bonds is 7.